The second kappa shape index (κ2) is 9.52. The Morgan fingerprint density at radius 3 is 2.62 bits per heavy atom. The zero-order valence-corrected chi connectivity index (χ0v) is 19.2. The fourth-order valence-electron chi connectivity index (χ4n) is 3.92. The fourth-order valence-corrected chi connectivity index (χ4v) is 4.13. The number of carbonyl (C=O) groups is 2. The maximum absolute atomic E-state index is 13.2. The van der Waals surface area contributed by atoms with E-state index in [-0.39, 0.29) is 34.2 Å². The Labute approximate surface area is 200 Å². The smallest absolute Gasteiger partial charge is 0.296 e. The third kappa shape index (κ3) is 4.20. The Morgan fingerprint density at radius 1 is 1.18 bits per heavy atom. The Morgan fingerprint density at radius 2 is 1.97 bits per heavy atom. The van der Waals surface area contributed by atoms with Crippen molar-refractivity contribution in [2.45, 2.75) is 19.5 Å². The molecule has 0 aliphatic carbocycles. The summed E-state index contributed by atoms with van der Waals surface area (Å²) in [6, 6.07) is 11.5. The van der Waals surface area contributed by atoms with Crippen LogP contribution in [0.1, 0.15) is 29.9 Å². The van der Waals surface area contributed by atoms with Crippen molar-refractivity contribution in [3.05, 3.63) is 82.3 Å². The van der Waals surface area contributed by atoms with Gasteiger partial charge in [0.1, 0.15) is 17.3 Å². The Bertz CT molecular complexity index is 1270. The second-order valence-corrected chi connectivity index (χ2v) is 7.92. The summed E-state index contributed by atoms with van der Waals surface area (Å²) >= 11 is 6.33. The van der Waals surface area contributed by atoms with Crippen molar-refractivity contribution >= 4 is 29.1 Å². The summed E-state index contributed by atoms with van der Waals surface area (Å²) in [4.78, 5) is 27.5. The van der Waals surface area contributed by atoms with E-state index in [2.05, 4.69) is 0 Å². The first kappa shape index (κ1) is 23.3. The van der Waals surface area contributed by atoms with Gasteiger partial charge in [0.25, 0.3) is 11.7 Å². The normalized spacial score (nSPS) is 17.3. The van der Waals surface area contributed by atoms with Gasteiger partial charge >= 0.3 is 0 Å². The van der Waals surface area contributed by atoms with Crippen LogP contribution in [-0.2, 0) is 16.1 Å². The third-order valence-electron chi connectivity index (χ3n) is 5.47. The number of ether oxygens (including phenoxy) is 2. The first-order chi connectivity index (χ1) is 16.3. The number of benzene rings is 2. The van der Waals surface area contributed by atoms with E-state index in [4.69, 9.17) is 25.5 Å². The molecule has 1 atom stereocenters. The average molecular weight is 484 g/mol. The molecule has 1 aliphatic rings. The van der Waals surface area contributed by atoms with E-state index >= 15 is 0 Å². The highest BCUT2D eigenvalue weighted by Crippen LogP contribution is 2.43. The molecule has 0 bridgehead atoms. The summed E-state index contributed by atoms with van der Waals surface area (Å²) in [6.45, 7) is 2.17. The van der Waals surface area contributed by atoms with Crippen molar-refractivity contribution < 1.29 is 33.7 Å². The lowest BCUT2D eigenvalue weighted by molar-refractivity contribution is -0.140. The van der Waals surface area contributed by atoms with Gasteiger partial charge in [0.2, 0.25) is 0 Å². The number of phenols is 1. The lowest BCUT2D eigenvalue weighted by Gasteiger charge is -2.25. The molecule has 4 rings (SSSR count). The molecule has 2 aromatic carbocycles. The molecule has 8 nitrogen and oxygen atoms in total. The van der Waals surface area contributed by atoms with Crippen molar-refractivity contribution in [1.29, 1.82) is 0 Å². The van der Waals surface area contributed by atoms with Crippen LogP contribution < -0.4 is 9.47 Å². The number of nitrogens with zero attached hydrogens (tertiary/aromatic N) is 1. The van der Waals surface area contributed by atoms with E-state index in [1.165, 1.54) is 42.5 Å². The first-order valence-corrected chi connectivity index (χ1v) is 10.8. The maximum atomic E-state index is 13.2. The van der Waals surface area contributed by atoms with Crippen LogP contribution in [0.2, 0.25) is 5.02 Å². The van der Waals surface area contributed by atoms with E-state index in [0.29, 0.717) is 23.7 Å². The molecule has 1 fully saturated rings. The number of methoxy groups -OCH3 is 1. The number of hydrogen-bond donors (Lipinski definition) is 2. The first-order valence-electron chi connectivity index (χ1n) is 10.5. The van der Waals surface area contributed by atoms with E-state index < -0.39 is 23.5 Å². The average Bonchev–Trinajstić information content (AvgIpc) is 3.42. The summed E-state index contributed by atoms with van der Waals surface area (Å²) in [6.07, 6.45) is 1.46. The SMILES string of the molecule is CCOc1ccc(Cl)c(/C(O)=C2\C(=O)C(=O)N(Cc3ccco3)C2c2ccc(OC)c(O)c2)c1. The number of aliphatic hydroxyl groups is 1. The zero-order chi connectivity index (χ0) is 24.4. The third-order valence-corrected chi connectivity index (χ3v) is 5.80. The molecule has 2 N–H and O–H groups in total. The standard InChI is InChI=1S/C25H22ClNO7/c1-3-33-15-7-8-18(26)17(12-15)23(29)21-22(14-6-9-20(32-2)19(28)11-14)27(25(31)24(21)30)13-16-5-4-10-34-16/h4-12,22,28-29H,3,13H2,1-2H3/b23-21+. The number of hydrogen-bond acceptors (Lipinski definition) is 7. The van der Waals surface area contributed by atoms with E-state index in [9.17, 15) is 19.8 Å². The fraction of sp³-hybridized carbons (Fsp3) is 0.200. The number of likely N-dealkylation sites (tertiary alicyclic amines) is 1. The molecule has 0 saturated carbocycles. The minimum Gasteiger partial charge on any atom is -0.507 e. The predicted octanol–water partition coefficient (Wildman–Crippen LogP) is 4.67. The topological polar surface area (TPSA) is 109 Å². The monoisotopic (exact) mass is 483 g/mol. The molecule has 1 aromatic heterocycles. The van der Waals surface area contributed by atoms with E-state index in [1.54, 1.807) is 24.3 Å². The number of amides is 1. The van der Waals surface area contributed by atoms with Gasteiger partial charge < -0.3 is 29.0 Å². The number of aromatic hydroxyl groups is 1. The molecule has 0 radical (unpaired) electrons. The van der Waals surface area contributed by atoms with Gasteiger partial charge in [-0.3, -0.25) is 9.59 Å². The molecule has 1 aliphatic heterocycles. The van der Waals surface area contributed by atoms with Gasteiger partial charge in [-0.05, 0) is 55.0 Å². The maximum Gasteiger partial charge on any atom is 0.296 e. The molecule has 176 valence electrons. The summed E-state index contributed by atoms with van der Waals surface area (Å²) in [5.41, 5.74) is 0.366. The van der Waals surface area contributed by atoms with Crippen molar-refractivity contribution in [3.8, 4) is 17.2 Å². The molecule has 2 heterocycles. The van der Waals surface area contributed by atoms with Gasteiger partial charge in [-0.15, -0.1) is 0 Å². The summed E-state index contributed by atoms with van der Waals surface area (Å²) < 4.78 is 16.0. The number of phenolic OH excluding ortho intramolecular Hbond substituents is 1. The van der Waals surface area contributed by atoms with Crippen LogP contribution in [0, 0.1) is 0 Å². The molecule has 1 saturated heterocycles. The van der Waals surface area contributed by atoms with Crippen molar-refractivity contribution in [1.82, 2.24) is 4.90 Å². The highest BCUT2D eigenvalue weighted by Gasteiger charge is 2.46. The summed E-state index contributed by atoms with van der Waals surface area (Å²) in [5.74, 6) is -1.23. The molecule has 0 spiro atoms. The molecule has 34 heavy (non-hydrogen) atoms. The largest absolute Gasteiger partial charge is 0.507 e. The predicted molar refractivity (Wildman–Crippen MR) is 124 cm³/mol. The Kier molecular flexibility index (Phi) is 6.51. The minimum absolute atomic E-state index is 0.0292. The van der Waals surface area contributed by atoms with Crippen molar-refractivity contribution in [3.63, 3.8) is 0 Å². The van der Waals surface area contributed by atoms with Gasteiger partial charge in [-0.2, -0.15) is 0 Å². The lowest BCUT2D eigenvalue weighted by Crippen LogP contribution is -2.29. The van der Waals surface area contributed by atoms with Gasteiger partial charge in [0, 0.05) is 5.56 Å². The number of carbonyl (C=O) groups excluding carboxylic acids is 2. The van der Waals surface area contributed by atoms with Crippen LogP contribution >= 0.6 is 11.6 Å². The highest BCUT2D eigenvalue weighted by atomic mass is 35.5. The molecule has 1 unspecified atom stereocenters. The minimum atomic E-state index is -1.02. The number of Topliss-reactive ketones (excluding diaryl/α,β-unsaturated/α-hetero) is 1. The van der Waals surface area contributed by atoms with E-state index in [1.807, 2.05) is 6.92 Å². The molecule has 3 aromatic rings. The highest BCUT2D eigenvalue weighted by molar-refractivity contribution is 6.47. The van der Waals surface area contributed by atoms with Crippen LogP contribution in [0.3, 0.4) is 0 Å². The summed E-state index contributed by atoms with van der Waals surface area (Å²) in [7, 11) is 1.41. The number of ketones is 1. The Hall–Kier alpha value is -3.91. The van der Waals surface area contributed by atoms with Gasteiger partial charge in [0.05, 0.1) is 43.2 Å². The van der Waals surface area contributed by atoms with Crippen molar-refractivity contribution in [2.24, 2.45) is 0 Å². The van der Waals surface area contributed by atoms with Gasteiger partial charge in [-0.25, -0.2) is 0 Å². The number of aliphatic hydroxyl groups excluding tert-OH is 1. The number of rotatable bonds is 7. The van der Waals surface area contributed by atoms with Crippen LogP contribution in [0.5, 0.6) is 17.2 Å². The molecular weight excluding hydrogens is 462 g/mol. The van der Waals surface area contributed by atoms with Gasteiger partial charge in [-0.1, -0.05) is 17.7 Å². The van der Waals surface area contributed by atoms with Crippen LogP contribution in [0.25, 0.3) is 5.76 Å². The molecular formula is C25H22ClNO7. The van der Waals surface area contributed by atoms with Crippen LogP contribution in [0.15, 0.2) is 64.8 Å². The van der Waals surface area contributed by atoms with E-state index in [0.717, 1.165) is 0 Å². The quantitative estimate of drug-likeness (QED) is 0.285. The zero-order valence-electron chi connectivity index (χ0n) is 18.4. The lowest BCUT2D eigenvalue weighted by atomic mass is 9.95. The molecule has 9 heteroatoms. The van der Waals surface area contributed by atoms with Gasteiger partial charge in [0.15, 0.2) is 11.5 Å². The van der Waals surface area contributed by atoms with Crippen LogP contribution in [0.4, 0.5) is 0 Å². The second-order valence-electron chi connectivity index (χ2n) is 7.51. The summed E-state index contributed by atoms with van der Waals surface area (Å²) in [5, 5.41) is 21.8. The van der Waals surface area contributed by atoms with Crippen LogP contribution in [-0.4, -0.2) is 40.5 Å². The Balaban J connectivity index is 1.90. The number of furan rings is 1. The molecule has 1 amide bonds. The van der Waals surface area contributed by atoms with Crippen molar-refractivity contribution in [2.75, 3.05) is 13.7 Å². The number of halogens is 1.